The number of hydrogen-bond donors (Lipinski definition) is 2. The molecule has 1 unspecified atom stereocenters. The Kier molecular flexibility index (Phi) is 4.81. The van der Waals surface area contributed by atoms with Gasteiger partial charge in [0, 0.05) is 25.1 Å². The molecule has 2 heterocycles. The van der Waals surface area contributed by atoms with Crippen molar-refractivity contribution in [2.24, 2.45) is 0 Å². The molecule has 4 nitrogen and oxygen atoms in total. The minimum atomic E-state index is -0.798. The van der Waals surface area contributed by atoms with Gasteiger partial charge in [-0.2, -0.15) is 0 Å². The summed E-state index contributed by atoms with van der Waals surface area (Å²) in [6.07, 6.45) is 1.95. The number of hydrogen-bond acceptors (Lipinski definition) is 4. The Labute approximate surface area is 123 Å². The molecule has 1 saturated heterocycles. The van der Waals surface area contributed by atoms with Crippen LogP contribution < -0.4 is 0 Å². The van der Waals surface area contributed by atoms with Crippen LogP contribution in [0.2, 0.25) is 0 Å². The fourth-order valence-electron chi connectivity index (χ4n) is 2.32. The fourth-order valence-corrected chi connectivity index (χ4v) is 3.14. The fraction of sp³-hybridized carbons (Fsp3) is 0.533. The van der Waals surface area contributed by atoms with Crippen LogP contribution in [0.4, 0.5) is 0 Å². The molecule has 1 aliphatic heterocycles. The lowest BCUT2D eigenvalue weighted by Gasteiger charge is -2.36. The summed E-state index contributed by atoms with van der Waals surface area (Å²) < 4.78 is 0. The number of amides is 1. The van der Waals surface area contributed by atoms with Gasteiger partial charge in [-0.15, -0.1) is 11.3 Å². The second kappa shape index (κ2) is 6.40. The van der Waals surface area contributed by atoms with Crippen molar-refractivity contribution in [2.45, 2.75) is 31.8 Å². The number of piperidine rings is 1. The van der Waals surface area contributed by atoms with Gasteiger partial charge in [0.15, 0.2) is 0 Å². The number of likely N-dealkylation sites (tertiary alicyclic amines) is 1. The van der Waals surface area contributed by atoms with Crippen LogP contribution in [0.5, 0.6) is 0 Å². The van der Waals surface area contributed by atoms with Gasteiger partial charge in [0.1, 0.15) is 4.88 Å². The molecule has 1 amide bonds. The summed E-state index contributed by atoms with van der Waals surface area (Å²) in [5.41, 5.74) is -0.0906. The zero-order valence-electron chi connectivity index (χ0n) is 11.6. The Hall–Kier alpha value is -1.35. The monoisotopic (exact) mass is 293 g/mol. The molecule has 2 N–H and O–H groups in total. The predicted molar refractivity (Wildman–Crippen MR) is 78.7 cm³/mol. The molecular weight excluding hydrogens is 274 g/mol. The van der Waals surface area contributed by atoms with Gasteiger partial charge in [0.05, 0.1) is 12.2 Å². The molecule has 0 bridgehead atoms. The van der Waals surface area contributed by atoms with Crippen molar-refractivity contribution in [1.29, 1.82) is 0 Å². The van der Waals surface area contributed by atoms with E-state index in [4.69, 9.17) is 5.11 Å². The summed E-state index contributed by atoms with van der Waals surface area (Å²) in [6.45, 7) is 2.84. The summed E-state index contributed by atoms with van der Waals surface area (Å²) in [6, 6.07) is 1.82. The first kappa shape index (κ1) is 15.0. The van der Waals surface area contributed by atoms with Crippen LogP contribution in [0.25, 0.3) is 0 Å². The molecule has 5 heteroatoms. The van der Waals surface area contributed by atoms with E-state index >= 15 is 0 Å². The summed E-state index contributed by atoms with van der Waals surface area (Å²) >= 11 is 1.37. The van der Waals surface area contributed by atoms with Crippen molar-refractivity contribution in [3.8, 4) is 11.8 Å². The van der Waals surface area contributed by atoms with Crippen LogP contribution in [0, 0.1) is 11.8 Å². The third-order valence-corrected chi connectivity index (χ3v) is 4.18. The number of thiophene rings is 1. The molecule has 1 atom stereocenters. The van der Waals surface area contributed by atoms with Crippen molar-refractivity contribution < 1.29 is 15.0 Å². The maximum atomic E-state index is 12.5. The summed E-state index contributed by atoms with van der Waals surface area (Å²) in [7, 11) is 0. The summed E-state index contributed by atoms with van der Waals surface area (Å²) in [5, 5.41) is 20.7. The van der Waals surface area contributed by atoms with Crippen molar-refractivity contribution in [1.82, 2.24) is 4.90 Å². The van der Waals surface area contributed by atoms with E-state index in [1.165, 1.54) is 11.3 Å². The predicted octanol–water partition coefficient (Wildman–Crippen LogP) is 1.47. The standard InChI is InChI=1S/C15H19NO3S/c1-15(19)7-4-8-16(11-15)14(18)13-12(6-10-20-13)5-2-3-9-17/h6,10,17,19H,3-4,7-9,11H2,1H3. The molecule has 2 rings (SSSR count). The molecular formula is C15H19NO3S. The van der Waals surface area contributed by atoms with E-state index in [0.29, 0.717) is 30.0 Å². The molecule has 1 aromatic heterocycles. The van der Waals surface area contributed by atoms with E-state index in [0.717, 1.165) is 12.8 Å². The van der Waals surface area contributed by atoms with Crippen LogP contribution in [0.15, 0.2) is 11.4 Å². The first-order valence-corrected chi connectivity index (χ1v) is 7.60. The molecule has 0 saturated carbocycles. The van der Waals surface area contributed by atoms with Crippen LogP contribution in [0.1, 0.15) is 41.4 Å². The smallest absolute Gasteiger partial charge is 0.265 e. The second-order valence-corrected chi connectivity index (χ2v) is 6.18. The van der Waals surface area contributed by atoms with Crippen molar-refractivity contribution >= 4 is 17.2 Å². The number of aliphatic hydroxyl groups is 2. The maximum Gasteiger partial charge on any atom is 0.265 e. The lowest BCUT2D eigenvalue weighted by molar-refractivity contribution is -0.0105. The molecule has 0 radical (unpaired) electrons. The summed E-state index contributed by atoms with van der Waals surface area (Å²) in [4.78, 5) is 14.8. The van der Waals surface area contributed by atoms with Gasteiger partial charge in [-0.3, -0.25) is 4.79 Å². The van der Waals surface area contributed by atoms with Gasteiger partial charge in [0.25, 0.3) is 5.91 Å². The minimum Gasteiger partial charge on any atom is -0.395 e. The van der Waals surface area contributed by atoms with Crippen LogP contribution in [0.3, 0.4) is 0 Å². The molecule has 20 heavy (non-hydrogen) atoms. The van der Waals surface area contributed by atoms with Crippen LogP contribution in [-0.2, 0) is 0 Å². The van der Waals surface area contributed by atoms with E-state index in [1.807, 2.05) is 11.4 Å². The molecule has 0 aromatic carbocycles. The normalized spacial score (nSPS) is 22.2. The Bertz CT molecular complexity index is 539. The zero-order valence-corrected chi connectivity index (χ0v) is 12.4. The van der Waals surface area contributed by atoms with Gasteiger partial charge in [-0.1, -0.05) is 11.8 Å². The first-order valence-electron chi connectivity index (χ1n) is 6.72. The minimum absolute atomic E-state index is 0.0232. The first-order chi connectivity index (χ1) is 9.53. The van der Waals surface area contributed by atoms with E-state index < -0.39 is 5.60 Å². The lowest BCUT2D eigenvalue weighted by atomic mass is 9.95. The van der Waals surface area contributed by atoms with Crippen LogP contribution in [-0.4, -0.2) is 46.3 Å². The topological polar surface area (TPSA) is 60.8 Å². The van der Waals surface area contributed by atoms with Crippen molar-refractivity contribution in [3.05, 3.63) is 21.9 Å². The maximum absolute atomic E-state index is 12.5. The van der Waals surface area contributed by atoms with E-state index in [-0.39, 0.29) is 12.5 Å². The van der Waals surface area contributed by atoms with Gasteiger partial charge in [-0.05, 0) is 31.2 Å². The molecule has 0 aliphatic carbocycles. The number of carbonyl (C=O) groups excluding carboxylic acids is 1. The van der Waals surface area contributed by atoms with E-state index in [9.17, 15) is 9.90 Å². The average Bonchev–Trinajstić information content (AvgIpc) is 2.85. The molecule has 1 fully saturated rings. The van der Waals surface area contributed by atoms with E-state index in [2.05, 4.69) is 11.8 Å². The van der Waals surface area contributed by atoms with Gasteiger partial charge in [-0.25, -0.2) is 0 Å². The number of aliphatic hydroxyl groups excluding tert-OH is 1. The molecule has 1 aromatic rings. The Morgan fingerprint density at radius 3 is 3.10 bits per heavy atom. The Balaban J connectivity index is 2.14. The molecule has 0 spiro atoms. The number of β-amino-alcohol motifs (C(OH)–C–C–N with tert-alkyl or cyclic N) is 1. The highest BCUT2D eigenvalue weighted by atomic mass is 32.1. The third-order valence-electron chi connectivity index (χ3n) is 3.28. The average molecular weight is 293 g/mol. The largest absolute Gasteiger partial charge is 0.395 e. The summed E-state index contributed by atoms with van der Waals surface area (Å²) in [5.74, 6) is 5.70. The Morgan fingerprint density at radius 1 is 1.60 bits per heavy atom. The molecule has 108 valence electrons. The highest BCUT2D eigenvalue weighted by Crippen LogP contribution is 2.24. The third kappa shape index (κ3) is 3.60. The SMILES string of the molecule is CC1(O)CCCN(C(=O)c2sccc2C#CCCO)C1. The van der Waals surface area contributed by atoms with Gasteiger partial charge >= 0.3 is 0 Å². The van der Waals surface area contributed by atoms with Crippen LogP contribution >= 0.6 is 11.3 Å². The van der Waals surface area contributed by atoms with Gasteiger partial charge < -0.3 is 15.1 Å². The van der Waals surface area contributed by atoms with Gasteiger partial charge in [0.2, 0.25) is 0 Å². The molecule has 1 aliphatic rings. The zero-order chi connectivity index (χ0) is 14.6. The second-order valence-electron chi connectivity index (χ2n) is 5.27. The number of nitrogens with zero attached hydrogens (tertiary/aromatic N) is 1. The highest BCUT2D eigenvalue weighted by Gasteiger charge is 2.32. The Morgan fingerprint density at radius 2 is 2.40 bits per heavy atom. The van der Waals surface area contributed by atoms with E-state index in [1.54, 1.807) is 11.8 Å². The van der Waals surface area contributed by atoms with Crippen molar-refractivity contribution in [3.63, 3.8) is 0 Å². The number of carbonyl (C=O) groups is 1. The lowest BCUT2D eigenvalue weighted by Crippen LogP contribution is -2.48. The quantitative estimate of drug-likeness (QED) is 0.812. The number of rotatable bonds is 2. The van der Waals surface area contributed by atoms with Crippen molar-refractivity contribution in [2.75, 3.05) is 19.7 Å². The highest BCUT2D eigenvalue weighted by molar-refractivity contribution is 7.12.